The molecule has 0 aliphatic heterocycles. The lowest BCUT2D eigenvalue weighted by Crippen LogP contribution is -2.04. The van der Waals surface area contributed by atoms with Crippen molar-refractivity contribution in [2.24, 2.45) is 0 Å². The standard InChI is InChI=1S/C11H6ClF3O2/c1-17-10(16)5-3-7-2-4-8(6-9(7)12)11(13,14)15/h2,4,6H,1H3. The highest BCUT2D eigenvalue weighted by atomic mass is 35.5. The number of halogens is 4. The van der Waals surface area contributed by atoms with Crippen LogP contribution in [0, 0.1) is 11.8 Å². The summed E-state index contributed by atoms with van der Waals surface area (Å²) < 4.78 is 41.2. The smallest absolute Gasteiger partial charge is 0.416 e. The molecule has 1 aromatic rings. The van der Waals surface area contributed by atoms with E-state index in [1.165, 1.54) is 0 Å². The van der Waals surface area contributed by atoms with Crippen LogP contribution in [0.2, 0.25) is 5.02 Å². The predicted molar refractivity (Wildman–Crippen MR) is 55.3 cm³/mol. The number of rotatable bonds is 0. The molecule has 17 heavy (non-hydrogen) atoms. The first-order valence-electron chi connectivity index (χ1n) is 4.31. The Hall–Kier alpha value is -1.67. The molecule has 0 aliphatic carbocycles. The van der Waals surface area contributed by atoms with Crippen molar-refractivity contribution in [2.45, 2.75) is 6.18 Å². The van der Waals surface area contributed by atoms with Gasteiger partial charge in [0.2, 0.25) is 0 Å². The summed E-state index contributed by atoms with van der Waals surface area (Å²) in [6, 6.07) is 2.69. The summed E-state index contributed by atoms with van der Waals surface area (Å²) in [5, 5.41) is -0.170. The summed E-state index contributed by atoms with van der Waals surface area (Å²) in [4.78, 5) is 10.7. The molecular formula is C11H6ClF3O2. The Labute approximate surface area is 100 Å². The third kappa shape index (κ3) is 3.68. The second-order valence-electron chi connectivity index (χ2n) is 2.93. The number of carbonyl (C=O) groups is 1. The van der Waals surface area contributed by atoms with Crippen molar-refractivity contribution in [1.82, 2.24) is 0 Å². The monoisotopic (exact) mass is 262 g/mol. The van der Waals surface area contributed by atoms with Gasteiger partial charge in [-0.1, -0.05) is 17.5 Å². The van der Waals surface area contributed by atoms with Crippen LogP contribution in [0.3, 0.4) is 0 Å². The van der Waals surface area contributed by atoms with Crippen molar-refractivity contribution < 1.29 is 22.7 Å². The predicted octanol–water partition coefficient (Wildman–Crippen LogP) is 2.88. The molecule has 0 fully saturated rings. The second kappa shape index (κ2) is 5.11. The first kappa shape index (κ1) is 13.4. The van der Waals surface area contributed by atoms with E-state index >= 15 is 0 Å². The third-order valence-corrected chi connectivity index (χ3v) is 2.09. The molecule has 6 heteroatoms. The highest BCUT2D eigenvalue weighted by Crippen LogP contribution is 2.31. The summed E-state index contributed by atoms with van der Waals surface area (Å²) >= 11 is 5.61. The van der Waals surface area contributed by atoms with E-state index in [1.54, 1.807) is 0 Å². The Morgan fingerprint density at radius 3 is 2.53 bits per heavy atom. The molecule has 2 nitrogen and oxygen atoms in total. The zero-order valence-electron chi connectivity index (χ0n) is 8.56. The van der Waals surface area contributed by atoms with Gasteiger partial charge in [0.15, 0.2) is 0 Å². The van der Waals surface area contributed by atoms with Gasteiger partial charge in [-0.3, -0.25) is 0 Å². The van der Waals surface area contributed by atoms with Crippen LogP contribution in [-0.4, -0.2) is 13.1 Å². The number of esters is 1. The normalized spacial score (nSPS) is 10.4. The van der Waals surface area contributed by atoms with Gasteiger partial charge in [-0.25, -0.2) is 4.79 Å². The summed E-state index contributed by atoms with van der Waals surface area (Å²) in [6.45, 7) is 0. The molecular weight excluding hydrogens is 257 g/mol. The van der Waals surface area contributed by atoms with Crippen molar-refractivity contribution in [1.29, 1.82) is 0 Å². The number of benzene rings is 1. The molecule has 0 aliphatic rings. The molecule has 0 N–H and O–H groups in total. The van der Waals surface area contributed by atoms with E-state index in [0.717, 1.165) is 25.3 Å². The average molecular weight is 263 g/mol. The van der Waals surface area contributed by atoms with Crippen LogP contribution in [0.15, 0.2) is 18.2 Å². The van der Waals surface area contributed by atoms with E-state index in [2.05, 4.69) is 16.6 Å². The molecule has 0 radical (unpaired) electrons. The Morgan fingerprint density at radius 1 is 1.41 bits per heavy atom. The minimum atomic E-state index is -4.46. The highest BCUT2D eigenvalue weighted by molar-refractivity contribution is 6.31. The lowest BCUT2D eigenvalue weighted by molar-refractivity contribution is -0.137. The second-order valence-corrected chi connectivity index (χ2v) is 3.34. The van der Waals surface area contributed by atoms with E-state index in [-0.39, 0.29) is 10.6 Å². The Morgan fingerprint density at radius 2 is 2.06 bits per heavy atom. The summed E-state index contributed by atoms with van der Waals surface area (Å²) in [5.74, 6) is 3.60. The van der Waals surface area contributed by atoms with Crippen LogP contribution in [0.4, 0.5) is 13.2 Å². The molecule has 1 rings (SSSR count). The van der Waals surface area contributed by atoms with Gasteiger partial charge in [0.1, 0.15) is 0 Å². The van der Waals surface area contributed by atoms with E-state index < -0.39 is 17.7 Å². The molecule has 0 aromatic heterocycles. The van der Waals surface area contributed by atoms with Crippen LogP contribution >= 0.6 is 11.6 Å². The summed E-state index contributed by atoms with van der Waals surface area (Å²) in [5.41, 5.74) is -0.740. The van der Waals surface area contributed by atoms with Crippen LogP contribution in [-0.2, 0) is 15.7 Å². The van der Waals surface area contributed by atoms with Gasteiger partial charge < -0.3 is 4.74 Å². The average Bonchev–Trinajstić information content (AvgIpc) is 2.25. The minimum Gasteiger partial charge on any atom is -0.459 e. The van der Waals surface area contributed by atoms with Crippen molar-refractivity contribution in [3.63, 3.8) is 0 Å². The zero-order valence-corrected chi connectivity index (χ0v) is 9.32. The summed E-state index contributed by atoms with van der Waals surface area (Å²) in [7, 11) is 1.14. The van der Waals surface area contributed by atoms with Gasteiger partial charge in [0.25, 0.3) is 0 Å². The maximum absolute atomic E-state index is 12.3. The Bertz CT molecular complexity index is 498. The topological polar surface area (TPSA) is 26.3 Å². The van der Waals surface area contributed by atoms with Crippen molar-refractivity contribution in [2.75, 3.05) is 7.11 Å². The van der Waals surface area contributed by atoms with Crippen LogP contribution in [0.25, 0.3) is 0 Å². The molecule has 0 amide bonds. The largest absolute Gasteiger partial charge is 0.459 e. The van der Waals surface area contributed by atoms with Crippen molar-refractivity contribution in [3.05, 3.63) is 34.3 Å². The quantitative estimate of drug-likeness (QED) is 0.531. The van der Waals surface area contributed by atoms with Gasteiger partial charge in [-0.2, -0.15) is 13.2 Å². The van der Waals surface area contributed by atoms with Gasteiger partial charge in [0, 0.05) is 11.5 Å². The van der Waals surface area contributed by atoms with Gasteiger partial charge in [0.05, 0.1) is 17.7 Å². The fourth-order valence-corrected chi connectivity index (χ4v) is 1.19. The molecule has 0 atom stereocenters. The number of alkyl halides is 3. The number of hydrogen-bond acceptors (Lipinski definition) is 2. The first-order valence-corrected chi connectivity index (χ1v) is 4.69. The number of hydrogen-bond donors (Lipinski definition) is 0. The molecule has 0 heterocycles. The van der Waals surface area contributed by atoms with Crippen LogP contribution in [0.5, 0.6) is 0 Å². The molecule has 0 bridgehead atoms. The molecule has 0 unspecified atom stereocenters. The third-order valence-electron chi connectivity index (χ3n) is 1.78. The van der Waals surface area contributed by atoms with Crippen LogP contribution in [0.1, 0.15) is 11.1 Å². The summed E-state index contributed by atoms with van der Waals surface area (Å²) in [6.07, 6.45) is -4.46. The number of methoxy groups -OCH3 is 1. The maximum Gasteiger partial charge on any atom is 0.416 e. The van der Waals surface area contributed by atoms with E-state index in [9.17, 15) is 18.0 Å². The fourth-order valence-electron chi connectivity index (χ4n) is 0.962. The Balaban J connectivity index is 3.05. The van der Waals surface area contributed by atoms with E-state index in [4.69, 9.17) is 11.6 Å². The molecule has 0 saturated carbocycles. The van der Waals surface area contributed by atoms with Crippen molar-refractivity contribution in [3.8, 4) is 11.8 Å². The molecule has 1 aromatic carbocycles. The number of ether oxygens (including phenoxy) is 1. The van der Waals surface area contributed by atoms with E-state index in [1.807, 2.05) is 0 Å². The lowest BCUT2D eigenvalue weighted by atomic mass is 10.1. The van der Waals surface area contributed by atoms with Crippen LogP contribution < -0.4 is 0 Å². The first-order chi connectivity index (χ1) is 7.84. The van der Waals surface area contributed by atoms with Crippen molar-refractivity contribution >= 4 is 17.6 Å². The van der Waals surface area contributed by atoms with Gasteiger partial charge >= 0.3 is 12.1 Å². The highest BCUT2D eigenvalue weighted by Gasteiger charge is 2.30. The molecule has 0 saturated heterocycles. The molecule has 90 valence electrons. The van der Waals surface area contributed by atoms with Gasteiger partial charge in [-0.15, -0.1) is 0 Å². The molecule has 0 spiro atoms. The van der Waals surface area contributed by atoms with Gasteiger partial charge in [-0.05, 0) is 18.2 Å². The SMILES string of the molecule is COC(=O)C#Cc1ccc(C(F)(F)F)cc1Cl. The maximum atomic E-state index is 12.3. The Kier molecular flexibility index (Phi) is 4.02. The lowest BCUT2D eigenvalue weighted by Gasteiger charge is -2.07. The van der Waals surface area contributed by atoms with E-state index in [0.29, 0.717) is 0 Å². The zero-order chi connectivity index (χ0) is 13.1. The number of carbonyl (C=O) groups excluding carboxylic acids is 1. The fraction of sp³-hybridized carbons (Fsp3) is 0.182. The minimum absolute atomic E-state index is 0.130.